The molecular formula is C18H18N4O. The third-order valence-electron chi connectivity index (χ3n) is 4.22. The maximum atomic E-state index is 5.83. The van der Waals surface area contributed by atoms with Gasteiger partial charge in [0.25, 0.3) is 0 Å². The molecule has 1 fully saturated rings. The first kappa shape index (κ1) is 14.1. The Morgan fingerprint density at radius 2 is 1.91 bits per heavy atom. The summed E-state index contributed by atoms with van der Waals surface area (Å²) in [5.74, 6) is 1.24. The third-order valence-corrected chi connectivity index (χ3v) is 4.22. The summed E-state index contributed by atoms with van der Waals surface area (Å²) in [5, 5.41) is 8.37. The van der Waals surface area contributed by atoms with Crippen molar-refractivity contribution >= 4 is 0 Å². The highest BCUT2D eigenvalue weighted by Gasteiger charge is 2.28. The smallest absolute Gasteiger partial charge is 0.247 e. The Kier molecular flexibility index (Phi) is 3.86. The van der Waals surface area contributed by atoms with Gasteiger partial charge in [-0.2, -0.15) is 0 Å². The summed E-state index contributed by atoms with van der Waals surface area (Å²) in [6.07, 6.45) is 4.14. The number of pyridine rings is 1. The van der Waals surface area contributed by atoms with E-state index in [2.05, 4.69) is 26.1 Å². The second-order valence-electron chi connectivity index (χ2n) is 5.75. The first-order valence-electron chi connectivity index (χ1n) is 7.93. The monoisotopic (exact) mass is 306 g/mol. The van der Waals surface area contributed by atoms with Gasteiger partial charge in [0.15, 0.2) is 0 Å². The minimum absolute atomic E-state index is 0.336. The van der Waals surface area contributed by atoms with Gasteiger partial charge in [-0.05, 0) is 43.7 Å². The average Bonchev–Trinajstić information content (AvgIpc) is 3.26. The zero-order chi connectivity index (χ0) is 15.5. The predicted octanol–water partition coefficient (Wildman–Crippen LogP) is 3.47. The summed E-state index contributed by atoms with van der Waals surface area (Å²) >= 11 is 0. The van der Waals surface area contributed by atoms with E-state index >= 15 is 0 Å². The Balaban J connectivity index is 1.51. The van der Waals surface area contributed by atoms with Crippen molar-refractivity contribution in [2.75, 3.05) is 6.54 Å². The average molecular weight is 306 g/mol. The van der Waals surface area contributed by atoms with Crippen molar-refractivity contribution in [3.8, 4) is 11.5 Å². The number of nitrogens with zero attached hydrogens (tertiary/aromatic N) is 4. The molecule has 0 aliphatic carbocycles. The topological polar surface area (TPSA) is 55.1 Å². The fourth-order valence-corrected chi connectivity index (χ4v) is 3.11. The van der Waals surface area contributed by atoms with Crippen LogP contribution in [0.5, 0.6) is 0 Å². The van der Waals surface area contributed by atoms with Crippen LogP contribution in [0.15, 0.2) is 59.1 Å². The molecule has 1 atom stereocenters. The van der Waals surface area contributed by atoms with Gasteiger partial charge >= 0.3 is 0 Å². The van der Waals surface area contributed by atoms with E-state index in [1.54, 1.807) is 0 Å². The third kappa shape index (κ3) is 3.00. The van der Waals surface area contributed by atoms with Gasteiger partial charge in [-0.3, -0.25) is 9.88 Å². The second kappa shape index (κ2) is 6.30. The lowest BCUT2D eigenvalue weighted by Gasteiger charge is -2.22. The molecule has 116 valence electrons. The van der Waals surface area contributed by atoms with Gasteiger partial charge < -0.3 is 4.42 Å². The van der Waals surface area contributed by atoms with Crippen LogP contribution in [0.3, 0.4) is 0 Å². The highest BCUT2D eigenvalue weighted by molar-refractivity contribution is 5.51. The molecule has 1 aromatic carbocycles. The molecular weight excluding hydrogens is 288 g/mol. The van der Waals surface area contributed by atoms with Gasteiger partial charge in [-0.15, -0.1) is 10.2 Å². The van der Waals surface area contributed by atoms with E-state index in [4.69, 9.17) is 4.42 Å². The molecule has 0 radical (unpaired) electrons. The number of hydrogen-bond acceptors (Lipinski definition) is 5. The minimum atomic E-state index is 0.336. The van der Waals surface area contributed by atoms with E-state index in [1.807, 2.05) is 48.7 Å². The van der Waals surface area contributed by atoms with Gasteiger partial charge in [0, 0.05) is 11.8 Å². The lowest BCUT2D eigenvalue weighted by atomic mass is 10.1. The van der Waals surface area contributed by atoms with Crippen LogP contribution in [0.4, 0.5) is 0 Å². The van der Waals surface area contributed by atoms with E-state index in [9.17, 15) is 0 Å². The first-order valence-corrected chi connectivity index (χ1v) is 7.93. The molecule has 1 saturated heterocycles. The van der Waals surface area contributed by atoms with Crippen LogP contribution in [-0.2, 0) is 6.54 Å². The molecule has 5 nitrogen and oxygen atoms in total. The molecule has 1 unspecified atom stereocenters. The predicted molar refractivity (Wildman–Crippen MR) is 86.4 cm³/mol. The fraction of sp³-hybridized carbons (Fsp3) is 0.278. The molecule has 0 spiro atoms. The van der Waals surface area contributed by atoms with Gasteiger partial charge in [0.2, 0.25) is 11.8 Å². The van der Waals surface area contributed by atoms with Crippen molar-refractivity contribution in [2.24, 2.45) is 0 Å². The molecule has 1 aliphatic rings. The van der Waals surface area contributed by atoms with Crippen LogP contribution in [0, 0.1) is 0 Å². The van der Waals surface area contributed by atoms with E-state index < -0.39 is 0 Å². The maximum absolute atomic E-state index is 5.83. The Morgan fingerprint density at radius 1 is 1.04 bits per heavy atom. The van der Waals surface area contributed by atoms with Crippen molar-refractivity contribution in [3.63, 3.8) is 0 Å². The van der Waals surface area contributed by atoms with Crippen LogP contribution in [-0.4, -0.2) is 26.6 Å². The van der Waals surface area contributed by atoms with Crippen LogP contribution < -0.4 is 0 Å². The Morgan fingerprint density at radius 3 is 2.74 bits per heavy atom. The SMILES string of the molecule is c1ccc(-c2nnc(CN3CCCC3c3ccccn3)o2)cc1. The molecule has 0 N–H and O–H groups in total. The Labute approximate surface area is 135 Å². The van der Waals surface area contributed by atoms with Crippen LogP contribution >= 0.6 is 0 Å². The quantitative estimate of drug-likeness (QED) is 0.738. The van der Waals surface area contributed by atoms with Gasteiger partial charge in [-0.25, -0.2) is 0 Å². The molecule has 0 saturated carbocycles. The number of aromatic nitrogens is 3. The highest BCUT2D eigenvalue weighted by Crippen LogP contribution is 2.32. The number of likely N-dealkylation sites (tertiary alicyclic amines) is 1. The minimum Gasteiger partial charge on any atom is -0.419 e. The largest absolute Gasteiger partial charge is 0.419 e. The lowest BCUT2D eigenvalue weighted by Crippen LogP contribution is -2.23. The lowest BCUT2D eigenvalue weighted by molar-refractivity contribution is 0.221. The summed E-state index contributed by atoms with van der Waals surface area (Å²) in [6.45, 7) is 1.70. The molecule has 0 amide bonds. The zero-order valence-electron chi connectivity index (χ0n) is 12.8. The first-order chi connectivity index (χ1) is 11.4. The van der Waals surface area contributed by atoms with Crippen molar-refractivity contribution in [2.45, 2.75) is 25.4 Å². The molecule has 3 heterocycles. The van der Waals surface area contributed by atoms with E-state index in [1.165, 1.54) is 6.42 Å². The van der Waals surface area contributed by atoms with E-state index in [-0.39, 0.29) is 0 Å². The Bertz CT molecular complexity index is 757. The van der Waals surface area contributed by atoms with E-state index in [0.717, 1.165) is 24.2 Å². The molecule has 1 aliphatic heterocycles. The van der Waals surface area contributed by atoms with Gasteiger partial charge in [-0.1, -0.05) is 24.3 Å². The normalized spacial score (nSPS) is 18.3. The van der Waals surface area contributed by atoms with Crippen molar-refractivity contribution in [1.82, 2.24) is 20.1 Å². The highest BCUT2D eigenvalue weighted by atomic mass is 16.4. The van der Waals surface area contributed by atoms with E-state index in [0.29, 0.717) is 24.4 Å². The second-order valence-corrected chi connectivity index (χ2v) is 5.75. The Hall–Kier alpha value is -2.53. The molecule has 2 aromatic heterocycles. The number of hydrogen-bond donors (Lipinski definition) is 0. The molecule has 0 bridgehead atoms. The van der Waals surface area contributed by atoms with Gasteiger partial charge in [0.1, 0.15) is 0 Å². The maximum Gasteiger partial charge on any atom is 0.247 e. The number of benzene rings is 1. The van der Waals surface area contributed by atoms with Crippen molar-refractivity contribution < 1.29 is 4.42 Å². The summed E-state index contributed by atoms with van der Waals surface area (Å²) < 4.78 is 5.83. The molecule has 3 aromatic rings. The summed E-state index contributed by atoms with van der Waals surface area (Å²) in [5.41, 5.74) is 2.07. The van der Waals surface area contributed by atoms with Crippen LogP contribution in [0.1, 0.15) is 30.5 Å². The molecule has 4 rings (SSSR count). The number of rotatable bonds is 4. The van der Waals surface area contributed by atoms with Crippen LogP contribution in [0.2, 0.25) is 0 Å². The fourth-order valence-electron chi connectivity index (χ4n) is 3.11. The summed E-state index contributed by atoms with van der Waals surface area (Å²) in [6, 6.07) is 16.3. The summed E-state index contributed by atoms with van der Waals surface area (Å²) in [4.78, 5) is 6.86. The van der Waals surface area contributed by atoms with Crippen molar-refractivity contribution in [1.29, 1.82) is 0 Å². The van der Waals surface area contributed by atoms with Gasteiger partial charge in [0.05, 0.1) is 18.3 Å². The van der Waals surface area contributed by atoms with Crippen LogP contribution in [0.25, 0.3) is 11.5 Å². The zero-order valence-corrected chi connectivity index (χ0v) is 12.8. The van der Waals surface area contributed by atoms with Crippen molar-refractivity contribution in [3.05, 3.63) is 66.3 Å². The summed E-state index contributed by atoms with van der Waals surface area (Å²) in [7, 11) is 0. The standard InChI is InChI=1S/C18H18N4O/c1-2-7-14(8-3-1)18-21-20-17(23-18)13-22-12-6-10-16(22)15-9-4-5-11-19-15/h1-5,7-9,11,16H,6,10,12-13H2. The molecule has 5 heteroatoms. The molecule has 23 heavy (non-hydrogen) atoms.